The Morgan fingerprint density at radius 2 is 1.69 bits per heavy atom. The molecule has 29 heavy (non-hydrogen) atoms. The average molecular weight is 413 g/mol. The number of hydrogen-bond donors (Lipinski definition) is 1. The summed E-state index contributed by atoms with van der Waals surface area (Å²) < 4.78 is 0. The molecule has 2 rings (SSSR count). The van der Waals surface area contributed by atoms with Crippen LogP contribution in [0.3, 0.4) is 0 Å². The summed E-state index contributed by atoms with van der Waals surface area (Å²) in [7, 11) is 0. The van der Waals surface area contributed by atoms with Gasteiger partial charge in [0.2, 0.25) is 11.8 Å². The summed E-state index contributed by atoms with van der Waals surface area (Å²) in [5.41, 5.74) is 3.47. The number of carbonyl (C=O) groups excluding carboxylic acids is 2. The maximum absolute atomic E-state index is 13.1. The molecule has 1 atom stereocenters. The third-order valence-electron chi connectivity index (χ3n) is 4.75. The van der Waals surface area contributed by atoms with Gasteiger partial charge in [0, 0.05) is 18.8 Å². The highest BCUT2D eigenvalue weighted by Gasteiger charge is 2.28. The van der Waals surface area contributed by atoms with Crippen LogP contribution < -0.4 is 5.32 Å². The zero-order valence-corrected chi connectivity index (χ0v) is 18.5. The Morgan fingerprint density at radius 1 is 1.00 bits per heavy atom. The Morgan fingerprint density at radius 3 is 2.31 bits per heavy atom. The minimum absolute atomic E-state index is 0.00413. The van der Waals surface area contributed by atoms with Gasteiger partial charge in [0.25, 0.3) is 0 Å². The van der Waals surface area contributed by atoms with E-state index in [-0.39, 0.29) is 11.8 Å². The van der Waals surface area contributed by atoms with Crippen LogP contribution in [0.15, 0.2) is 54.6 Å². The molecule has 4 nitrogen and oxygen atoms in total. The average Bonchev–Trinajstić information content (AvgIpc) is 2.74. The lowest BCUT2D eigenvalue weighted by Gasteiger charge is -2.30. The van der Waals surface area contributed by atoms with E-state index in [1.165, 1.54) is 11.1 Å². The molecule has 2 aromatic carbocycles. The number of aryl methyl sites for hydroxylation is 1. The van der Waals surface area contributed by atoms with Crippen molar-refractivity contribution >= 4 is 23.6 Å². The Bertz CT molecular complexity index is 762. The maximum atomic E-state index is 13.1. The lowest BCUT2D eigenvalue weighted by molar-refractivity contribution is -0.139. The molecular weight excluding hydrogens is 380 g/mol. The first-order chi connectivity index (χ1) is 14.0. The molecular formula is C24H32N2O2S. The lowest BCUT2D eigenvalue weighted by atomic mass is 10.1. The van der Waals surface area contributed by atoms with Gasteiger partial charge >= 0.3 is 0 Å². The van der Waals surface area contributed by atoms with Crippen molar-refractivity contribution in [1.82, 2.24) is 10.2 Å². The fourth-order valence-electron chi connectivity index (χ4n) is 3.09. The summed E-state index contributed by atoms with van der Waals surface area (Å²) in [5.74, 6) is 1.08. The van der Waals surface area contributed by atoms with Gasteiger partial charge in [0.05, 0.1) is 5.75 Å². The fourth-order valence-corrected chi connectivity index (χ4v) is 3.96. The van der Waals surface area contributed by atoms with Crippen molar-refractivity contribution < 1.29 is 9.59 Å². The molecule has 2 aromatic rings. The van der Waals surface area contributed by atoms with Gasteiger partial charge in [0.1, 0.15) is 6.04 Å². The van der Waals surface area contributed by atoms with Gasteiger partial charge in [-0.25, -0.2) is 0 Å². The molecule has 0 heterocycles. The van der Waals surface area contributed by atoms with Gasteiger partial charge in [-0.1, -0.05) is 74.0 Å². The molecule has 156 valence electrons. The molecule has 0 aliphatic carbocycles. The number of hydrogen-bond acceptors (Lipinski definition) is 3. The van der Waals surface area contributed by atoms with E-state index < -0.39 is 6.04 Å². The molecule has 0 saturated carbocycles. The number of nitrogens with one attached hydrogen (secondary N) is 1. The third kappa shape index (κ3) is 7.58. The molecule has 1 N–H and O–H groups in total. The normalized spacial score (nSPS) is 11.7. The lowest BCUT2D eigenvalue weighted by Crippen LogP contribution is -2.49. The Hall–Kier alpha value is -2.27. The van der Waals surface area contributed by atoms with Crippen molar-refractivity contribution in [3.63, 3.8) is 0 Å². The van der Waals surface area contributed by atoms with Gasteiger partial charge in [-0.05, 0) is 30.9 Å². The summed E-state index contributed by atoms with van der Waals surface area (Å²) in [6, 6.07) is 17.8. The summed E-state index contributed by atoms with van der Waals surface area (Å²) in [6.45, 7) is 7.13. The van der Waals surface area contributed by atoms with Crippen molar-refractivity contribution in [2.45, 2.75) is 52.0 Å². The molecule has 0 aliphatic rings. The van der Waals surface area contributed by atoms with Gasteiger partial charge in [-0.15, -0.1) is 11.8 Å². The highest BCUT2D eigenvalue weighted by molar-refractivity contribution is 7.99. The molecule has 0 aliphatic heterocycles. The van der Waals surface area contributed by atoms with E-state index in [9.17, 15) is 9.59 Å². The highest BCUT2D eigenvalue weighted by atomic mass is 32.2. The number of thioether (sulfide) groups is 1. The molecule has 0 unspecified atom stereocenters. The van der Waals surface area contributed by atoms with E-state index in [0.717, 1.165) is 17.7 Å². The quantitative estimate of drug-likeness (QED) is 0.588. The van der Waals surface area contributed by atoms with Crippen molar-refractivity contribution in [2.75, 3.05) is 12.3 Å². The molecule has 5 heteroatoms. The Kier molecular flexibility index (Phi) is 9.78. The smallest absolute Gasteiger partial charge is 0.242 e. The topological polar surface area (TPSA) is 49.4 Å². The van der Waals surface area contributed by atoms with Crippen molar-refractivity contribution in [2.24, 2.45) is 0 Å². The van der Waals surface area contributed by atoms with E-state index in [1.807, 2.05) is 44.2 Å². The van der Waals surface area contributed by atoms with Crippen LogP contribution in [0.4, 0.5) is 0 Å². The van der Waals surface area contributed by atoms with Gasteiger partial charge in [0.15, 0.2) is 0 Å². The molecule has 0 spiro atoms. The number of rotatable bonds is 11. The van der Waals surface area contributed by atoms with Crippen LogP contribution >= 0.6 is 11.8 Å². The second-order valence-electron chi connectivity index (χ2n) is 7.20. The summed E-state index contributed by atoms with van der Waals surface area (Å²) in [6.07, 6.45) is 1.47. The minimum atomic E-state index is -0.450. The van der Waals surface area contributed by atoms with Crippen LogP contribution in [-0.4, -0.2) is 35.1 Å². The first-order valence-corrected chi connectivity index (χ1v) is 11.4. The zero-order chi connectivity index (χ0) is 21.1. The van der Waals surface area contributed by atoms with Crippen LogP contribution in [0.1, 0.15) is 43.4 Å². The van der Waals surface area contributed by atoms with E-state index in [2.05, 4.69) is 36.5 Å². The first-order valence-electron chi connectivity index (χ1n) is 10.3. The van der Waals surface area contributed by atoms with E-state index in [4.69, 9.17) is 0 Å². The van der Waals surface area contributed by atoms with E-state index in [1.54, 1.807) is 16.7 Å². The van der Waals surface area contributed by atoms with Crippen LogP contribution in [0.2, 0.25) is 0 Å². The molecule has 0 radical (unpaired) electrons. The van der Waals surface area contributed by atoms with Gasteiger partial charge in [-0.2, -0.15) is 0 Å². The second kappa shape index (κ2) is 12.3. The third-order valence-corrected chi connectivity index (χ3v) is 5.73. The second-order valence-corrected chi connectivity index (χ2v) is 8.19. The SMILES string of the molecule is CCCNC(=O)[C@H](CC)N(Cc1ccccc1)C(=O)CSCc1ccc(C)cc1. The Balaban J connectivity index is 2.06. The fraction of sp³-hybridized carbons (Fsp3) is 0.417. The summed E-state index contributed by atoms with van der Waals surface area (Å²) in [5, 5.41) is 2.95. The predicted octanol–water partition coefficient (Wildman–Crippen LogP) is 4.56. The van der Waals surface area contributed by atoms with Crippen molar-refractivity contribution in [3.05, 3.63) is 71.3 Å². The van der Waals surface area contributed by atoms with E-state index in [0.29, 0.717) is 25.3 Å². The monoisotopic (exact) mass is 412 g/mol. The molecule has 0 aromatic heterocycles. The molecule has 2 amide bonds. The van der Waals surface area contributed by atoms with Crippen LogP contribution in [0, 0.1) is 6.92 Å². The molecule has 0 bridgehead atoms. The van der Waals surface area contributed by atoms with Crippen molar-refractivity contribution in [3.8, 4) is 0 Å². The maximum Gasteiger partial charge on any atom is 0.242 e. The number of carbonyl (C=O) groups is 2. The summed E-state index contributed by atoms with van der Waals surface area (Å²) >= 11 is 1.59. The highest BCUT2D eigenvalue weighted by Crippen LogP contribution is 2.17. The Labute approximate surface area is 179 Å². The van der Waals surface area contributed by atoms with Crippen LogP contribution in [0.5, 0.6) is 0 Å². The molecule has 0 saturated heterocycles. The number of amides is 2. The minimum Gasteiger partial charge on any atom is -0.354 e. The van der Waals surface area contributed by atoms with Crippen LogP contribution in [0.25, 0.3) is 0 Å². The zero-order valence-electron chi connectivity index (χ0n) is 17.7. The predicted molar refractivity (Wildman–Crippen MR) is 122 cm³/mol. The van der Waals surface area contributed by atoms with Gasteiger partial charge < -0.3 is 10.2 Å². The van der Waals surface area contributed by atoms with Gasteiger partial charge in [-0.3, -0.25) is 9.59 Å². The standard InChI is InChI=1S/C24H32N2O2S/c1-4-15-25-24(28)22(5-2)26(16-20-9-7-6-8-10-20)23(27)18-29-17-21-13-11-19(3)12-14-21/h6-14,22H,4-5,15-18H2,1-3H3,(H,25,28)/t22-/m0/s1. The first kappa shape index (κ1) is 23.0. The largest absolute Gasteiger partial charge is 0.354 e. The molecule has 0 fully saturated rings. The number of benzene rings is 2. The summed E-state index contributed by atoms with van der Waals surface area (Å²) in [4.78, 5) is 27.5. The van der Waals surface area contributed by atoms with Crippen molar-refractivity contribution in [1.29, 1.82) is 0 Å². The van der Waals surface area contributed by atoms with Crippen LogP contribution in [-0.2, 0) is 21.9 Å². The number of nitrogens with zero attached hydrogens (tertiary/aromatic N) is 1. The van der Waals surface area contributed by atoms with E-state index >= 15 is 0 Å².